The Morgan fingerprint density at radius 2 is 1.88 bits per heavy atom. The first kappa shape index (κ1) is 16.0. The summed E-state index contributed by atoms with van der Waals surface area (Å²) in [6.07, 6.45) is 0. The van der Waals surface area contributed by atoms with Crippen LogP contribution in [-0.2, 0) is 12.6 Å². The van der Waals surface area contributed by atoms with E-state index in [0.29, 0.717) is 0 Å². The number of amides is 1. The maximum absolute atomic E-state index is 11.3. The standard InChI is InChI=1S/C8H8N2O3S2.K/c11-5-2-1-4(3-6(5)12)7(13)9-10-8(14)15;/h1-3,11-12H,(H,9,13)(H2,10,14,15);/q;+1/p-1. The Morgan fingerprint density at radius 3 is 2.38 bits per heavy atom. The van der Waals surface area contributed by atoms with Gasteiger partial charge in [-0.15, -0.1) is 0 Å². The summed E-state index contributed by atoms with van der Waals surface area (Å²) >= 11 is 9.02. The van der Waals surface area contributed by atoms with Crippen LogP contribution in [0, 0.1) is 0 Å². The molecular weight excluding hydrogens is 275 g/mol. The zero-order valence-electron chi connectivity index (χ0n) is 8.35. The summed E-state index contributed by atoms with van der Waals surface area (Å²) < 4.78 is 0.00588. The molecule has 0 bridgehead atoms. The van der Waals surface area contributed by atoms with Gasteiger partial charge in [-0.3, -0.25) is 10.2 Å². The topological polar surface area (TPSA) is 81.6 Å². The largest absolute Gasteiger partial charge is 1.00 e. The minimum absolute atomic E-state index is 0. The van der Waals surface area contributed by atoms with Crippen molar-refractivity contribution < 1.29 is 66.4 Å². The summed E-state index contributed by atoms with van der Waals surface area (Å²) in [4.78, 5) is 11.3. The number of benzene rings is 1. The molecule has 1 amide bonds. The third-order valence-electron chi connectivity index (χ3n) is 1.52. The van der Waals surface area contributed by atoms with E-state index in [9.17, 15) is 4.79 Å². The fraction of sp³-hybridized carbons (Fsp3) is 0. The molecule has 0 aliphatic rings. The number of aromatic hydroxyl groups is 2. The average Bonchev–Trinajstić information content (AvgIpc) is 2.18. The van der Waals surface area contributed by atoms with Gasteiger partial charge in [-0.2, -0.15) is 0 Å². The zero-order chi connectivity index (χ0) is 11.4. The first-order valence-electron chi connectivity index (χ1n) is 3.80. The number of phenolic OH excluding ortho intramolecular Hbond substituents is 2. The van der Waals surface area contributed by atoms with Gasteiger partial charge in [0.2, 0.25) is 0 Å². The van der Waals surface area contributed by atoms with E-state index >= 15 is 0 Å². The van der Waals surface area contributed by atoms with Gasteiger partial charge < -0.3 is 40.5 Å². The van der Waals surface area contributed by atoms with Gasteiger partial charge >= 0.3 is 51.4 Å². The second-order valence-electron chi connectivity index (χ2n) is 2.57. The molecule has 0 aromatic heterocycles. The van der Waals surface area contributed by atoms with Gasteiger partial charge in [0.1, 0.15) is 0 Å². The van der Waals surface area contributed by atoms with Crippen LogP contribution in [0.2, 0.25) is 0 Å². The van der Waals surface area contributed by atoms with Crippen LogP contribution in [0.4, 0.5) is 0 Å². The SMILES string of the molecule is O=C(NNC(=S)[S-])c1ccc(O)c(O)c1.[K+]. The molecular formula is C8H7KN2O3S2. The van der Waals surface area contributed by atoms with Crippen molar-refractivity contribution in [3.63, 3.8) is 0 Å². The van der Waals surface area contributed by atoms with E-state index in [1.54, 1.807) is 0 Å². The molecule has 8 heteroatoms. The van der Waals surface area contributed by atoms with Crippen LogP contribution >= 0.6 is 12.2 Å². The van der Waals surface area contributed by atoms with Gasteiger partial charge in [0.15, 0.2) is 11.5 Å². The van der Waals surface area contributed by atoms with E-state index in [0.717, 1.165) is 6.07 Å². The predicted octanol–water partition coefficient (Wildman–Crippen LogP) is -2.83. The van der Waals surface area contributed by atoms with Gasteiger partial charge in [-0.1, -0.05) is 0 Å². The third-order valence-corrected chi connectivity index (χ3v) is 1.72. The van der Waals surface area contributed by atoms with E-state index in [-0.39, 0.29) is 72.8 Å². The van der Waals surface area contributed by atoms with Crippen molar-refractivity contribution in [3.8, 4) is 11.5 Å². The smallest absolute Gasteiger partial charge is 0.504 e. The van der Waals surface area contributed by atoms with Gasteiger partial charge in [0.05, 0.1) is 0 Å². The van der Waals surface area contributed by atoms with Crippen LogP contribution < -0.4 is 62.2 Å². The third kappa shape index (κ3) is 4.91. The number of rotatable bonds is 1. The van der Waals surface area contributed by atoms with Crippen molar-refractivity contribution in [2.45, 2.75) is 0 Å². The van der Waals surface area contributed by atoms with Crippen LogP contribution in [0.3, 0.4) is 0 Å². The van der Waals surface area contributed by atoms with Crippen LogP contribution in [-0.4, -0.2) is 20.4 Å². The number of phenols is 2. The molecule has 0 fully saturated rings. The summed E-state index contributed by atoms with van der Waals surface area (Å²) in [6.45, 7) is 0. The Morgan fingerprint density at radius 1 is 1.25 bits per heavy atom. The van der Waals surface area contributed by atoms with E-state index in [4.69, 9.17) is 10.2 Å². The Kier molecular flexibility index (Phi) is 7.40. The van der Waals surface area contributed by atoms with Gasteiger partial charge in [0, 0.05) is 5.56 Å². The molecule has 0 atom stereocenters. The summed E-state index contributed by atoms with van der Waals surface area (Å²) in [5, 5.41) is 18.1. The van der Waals surface area contributed by atoms with E-state index < -0.39 is 5.91 Å². The molecule has 4 N–H and O–H groups in total. The van der Waals surface area contributed by atoms with Crippen LogP contribution in [0.25, 0.3) is 0 Å². The maximum atomic E-state index is 11.3. The van der Waals surface area contributed by atoms with E-state index in [1.165, 1.54) is 12.1 Å². The second kappa shape index (κ2) is 7.38. The minimum Gasteiger partial charge on any atom is -0.504 e. The number of carbonyl (C=O) groups is 1. The Labute approximate surface area is 145 Å². The molecule has 5 nitrogen and oxygen atoms in total. The molecule has 1 rings (SSSR count). The van der Waals surface area contributed by atoms with Crippen LogP contribution in [0.5, 0.6) is 11.5 Å². The zero-order valence-corrected chi connectivity index (χ0v) is 13.1. The van der Waals surface area contributed by atoms with Crippen molar-refractivity contribution in [2.75, 3.05) is 0 Å². The monoisotopic (exact) mass is 282 g/mol. The number of thiocarbonyl (C=S) groups is 1. The Hall–Kier alpha value is 0.0364. The molecule has 0 radical (unpaired) electrons. The van der Waals surface area contributed by atoms with Crippen molar-refractivity contribution in [1.29, 1.82) is 0 Å². The molecule has 0 heterocycles. The molecule has 0 saturated carbocycles. The van der Waals surface area contributed by atoms with Crippen molar-refractivity contribution >= 4 is 35.1 Å². The minimum atomic E-state index is -0.516. The summed E-state index contributed by atoms with van der Waals surface area (Å²) in [7, 11) is 0. The predicted molar refractivity (Wildman–Crippen MR) is 60.3 cm³/mol. The fourth-order valence-corrected chi connectivity index (χ4v) is 0.947. The summed E-state index contributed by atoms with van der Waals surface area (Å²) in [5.41, 5.74) is 4.67. The van der Waals surface area contributed by atoms with Crippen molar-refractivity contribution in [2.24, 2.45) is 0 Å². The maximum Gasteiger partial charge on any atom is 1.00 e. The number of hydrogen-bond acceptors (Lipinski definition) is 5. The molecule has 0 aliphatic carbocycles. The molecule has 80 valence electrons. The molecule has 0 unspecified atom stereocenters. The summed E-state index contributed by atoms with van der Waals surface area (Å²) in [6, 6.07) is 3.67. The molecule has 16 heavy (non-hydrogen) atoms. The molecule has 0 aliphatic heterocycles. The molecule has 0 spiro atoms. The fourth-order valence-electron chi connectivity index (χ4n) is 0.845. The number of carbonyl (C=O) groups excluding carboxylic acids is 1. The van der Waals surface area contributed by atoms with Crippen LogP contribution in [0.1, 0.15) is 10.4 Å². The first-order valence-corrected chi connectivity index (χ1v) is 4.61. The Bertz CT molecular complexity index is 414. The molecule has 1 aromatic rings. The van der Waals surface area contributed by atoms with Crippen molar-refractivity contribution in [3.05, 3.63) is 23.8 Å². The van der Waals surface area contributed by atoms with E-state index in [1.807, 2.05) is 0 Å². The second-order valence-corrected chi connectivity index (χ2v) is 3.64. The quantitative estimate of drug-likeness (QED) is 0.146. The van der Waals surface area contributed by atoms with Crippen molar-refractivity contribution in [1.82, 2.24) is 10.9 Å². The molecule has 0 saturated heterocycles. The van der Waals surface area contributed by atoms with E-state index in [2.05, 4.69) is 35.7 Å². The number of hydrazine groups is 1. The van der Waals surface area contributed by atoms with Gasteiger partial charge in [0.25, 0.3) is 5.91 Å². The van der Waals surface area contributed by atoms with Crippen LogP contribution in [0.15, 0.2) is 18.2 Å². The van der Waals surface area contributed by atoms with Gasteiger partial charge in [-0.25, -0.2) is 0 Å². The van der Waals surface area contributed by atoms with Gasteiger partial charge in [-0.05, 0) is 22.5 Å². The summed E-state index contributed by atoms with van der Waals surface area (Å²) in [5.74, 6) is -1.18. The average molecular weight is 282 g/mol. The first-order chi connectivity index (χ1) is 7.00. The number of nitrogens with one attached hydrogen (secondary N) is 2. The molecule has 1 aromatic carbocycles. The number of hydrogen-bond donors (Lipinski definition) is 4. The Balaban J connectivity index is 0.00000225. The normalized spacial score (nSPS) is 8.75.